The molecular formula is C20H21O2P. The molecule has 2 saturated carbocycles. The predicted molar refractivity (Wildman–Crippen MR) is 94.0 cm³/mol. The molecule has 0 heterocycles. The number of rotatable bonds is 3. The van der Waals surface area contributed by atoms with E-state index in [1.165, 1.54) is 0 Å². The second-order valence-electron chi connectivity index (χ2n) is 7.28. The minimum Gasteiger partial charge on any atom is -0.313 e. The minimum atomic E-state index is -3.04. The van der Waals surface area contributed by atoms with E-state index >= 15 is 0 Å². The SMILES string of the molecule is CC1(C)[C@@H]2CCC(=O)[C@@]21P(=O)(c1ccccc1)c1ccccc1. The quantitative estimate of drug-likeness (QED) is 0.806. The van der Waals surface area contributed by atoms with Gasteiger partial charge in [-0.3, -0.25) is 4.79 Å². The highest BCUT2D eigenvalue weighted by Gasteiger charge is 2.84. The smallest absolute Gasteiger partial charge is 0.157 e. The average Bonchev–Trinajstić information content (AvgIpc) is 2.87. The lowest BCUT2D eigenvalue weighted by Crippen LogP contribution is -2.36. The second kappa shape index (κ2) is 4.68. The normalized spacial score (nSPS) is 28.4. The largest absolute Gasteiger partial charge is 0.313 e. The van der Waals surface area contributed by atoms with Crippen LogP contribution in [0, 0.1) is 11.3 Å². The van der Waals surface area contributed by atoms with Crippen LogP contribution in [-0.2, 0) is 9.36 Å². The fourth-order valence-corrected chi connectivity index (χ4v) is 9.62. The van der Waals surface area contributed by atoms with Gasteiger partial charge in [-0.25, -0.2) is 0 Å². The van der Waals surface area contributed by atoms with Gasteiger partial charge in [-0.05, 0) is 17.8 Å². The van der Waals surface area contributed by atoms with Crippen molar-refractivity contribution in [2.45, 2.75) is 31.8 Å². The first-order valence-corrected chi connectivity index (χ1v) is 9.92. The van der Waals surface area contributed by atoms with Crippen molar-refractivity contribution in [1.82, 2.24) is 0 Å². The Hall–Kier alpha value is -1.66. The highest BCUT2D eigenvalue weighted by atomic mass is 31.2. The van der Waals surface area contributed by atoms with E-state index in [0.717, 1.165) is 17.0 Å². The summed E-state index contributed by atoms with van der Waals surface area (Å²) in [7, 11) is -3.04. The number of fused-ring (bicyclic) bond motifs is 1. The molecule has 2 fully saturated rings. The van der Waals surface area contributed by atoms with Crippen molar-refractivity contribution >= 4 is 23.5 Å². The molecule has 118 valence electrons. The first kappa shape index (κ1) is 14.9. The van der Waals surface area contributed by atoms with Crippen LogP contribution < -0.4 is 10.6 Å². The summed E-state index contributed by atoms with van der Waals surface area (Å²) >= 11 is 0. The number of carbonyl (C=O) groups is 1. The summed E-state index contributed by atoms with van der Waals surface area (Å²) in [5, 5.41) is 0.928. The fraction of sp³-hybridized carbons (Fsp3) is 0.350. The summed E-state index contributed by atoms with van der Waals surface area (Å²) in [6.45, 7) is 4.24. The zero-order chi connectivity index (χ0) is 16.3. The molecule has 2 atom stereocenters. The van der Waals surface area contributed by atoms with Crippen LogP contribution in [-0.4, -0.2) is 10.9 Å². The van der Waals surface area contributed by atoms with E-state index in [0.29, 0.717) is 6.42 Å². The molecule has 2 aliphatic rings. The number of carbonyl (C=O) groups excluding carboxylic acids is 1. The molecule has 0 bridgehead atoms. The van der Waals surface area contributed by atoms with Gasteiger partial charge in [0.2, 0.25) is 0 Å². The number of benzene rings is 2. The van der Waals surface area contributed by atoms with Crippen LogP contribution in [0.4, 0.5) is 0 Å². The lowest BCUT2D eigenvalue weighted by Gasteiger charge is -2.30. The monoisotopic (exact) mass is 324 g/mol. The molecule has 2 aliphatic carbocycles. The molecule has 0 unspecified atom stereocenters. The van der Waals surface area contributed by atoms with Crippen LogP contribution >= 0.6 is 7.14 Å². The van der Waals surface area contributed by atoms with Crippen molar-refractivity contribution in [2.75, 3.05) is 0 Å². The van der Waals surface area contributed by atoms with Crippen LogP contribution in [0.25, 0.3) is 0 Å². The molecule has 0 aliphatic heterocycles. The first-order chi connectivity index (χ1) is 11.0. The van der Waals surface area contributed by atoms with Gasteiger partial charge >= 0.3 is 0 Å². The van der Waals surface area contributed by atoms with Crippen LogP contribution in [0.5, 0.6) is 0 Å². The molecule has 0 spiro atoms. The molecule has 23 heavy (non-hydrogen) atoms. The molecule has 0 saturated heterocycles. The Labute approximate surface area is 137 Å². The zero-order valence-corrected chi connectivity index (χ0v) is 14.4. The standard InChI is InChI=1S/C20H21O2P/c1-19(2)17-13-14-18(21)20(17,19)23(22,15-9-5-3-6-10-15)16-11-7-4-8-12-16/h3-12,17H,13-14H2,1-2H3/t17-,20-/m0/s1. The van der Waals surface area contributed by atoms with E-state index in [1.807, 2.05) is 60.7 Å². The van der Waals surface area contributed by atoms with E-state index in [1.54, 1.807) is 0 Å². The van der Waals surface area contributed by atoms with E-state index in [4.69, 9.17) is 0 Å². The van der Waals surface area contributed by atoms with E-state index < -0.39 is 12.3 Å². The van der Waals surface area contributed by atoms with Gasteiger partial charge in [0.1, 0.15) is 5.78 Å². The molecule has 0 radical (unpaired) electrons. The van der Waals surface area contributed by atoms with Crippen LogP contribution in [0.3, 0.4) is 0 Å². The summed E-state index contributed by atoms with van der Waals surface area (Å²) in [5.41, 5.74) is -0.191. The maximum absolute atomic E-state index is 14.6. The molecule has 2 aromatic carbocycles. The van der Waals surface area contributed by atoms with Crippen molar-refractivity contribution in [1.29, 1.82) is 0 Å². The highest BCUT2D eigenvalue weighted by Crippen LogP contribution is 2.84. The molecule has 0 amide bonds. The molecule has 4 rings (SSSR count). The lowest BCUT2D eigenvalue weighted by molar-refractivity contribution is -0.119. The third-order valence-electron chi connectivity index (χ3n) is 6.10. The molecular weight excluding hydrogens is 303 g/mol. The number of ketones is 1. The van der Waals surface area contributed by atoms with Crippen molar-refractivity contribution < 1.29 is 9.36 Å². The topological polar surface area (TPSA) is 34.1 Å². The van der Waals surface area contributed by atoms with Gasteiger partial charge in [-0.15, -0.1) is 0 Å². The Kier molecular flexibility index (Phi) is 3.03. The van der Waals surface area contributed by atoms with Crippen LogP contribution in [0.2, 0.25) is 0 Å². The van der Waals surface area contributed by atoms with Gasteiger partial charge in [-0.2, -0.15) is 0 Å². The second-order valence-corrected chi connectivity index (χ2v) is 10.2. The first-order valence-electron chi connectivity index (χ1n) is 8.22. The summed E-state index contributed by atoms with van der Waals surface area (Å²) in [4.78, 5) is 13.0. The molecule has 3 heteroatoms. The zero-order valence-electron chi connectivity index (χ0n) is 13.5. The maximum atomic E-state index is 14.6. The Morgan fingerprint density at radius 3 is 1.78 bits per heavy atom. The predicted octanol–water partition coefficient (Wildman–Crippen LogP) is 3.76. The van der Waals surface area contributed by atoms with Gasteiger partial charge in [0, 0.05) is 17.0 Å². The van der Waals surface area contributed by atoms with Gasteiger partial charge in [0.05, 0.1) is 5.16 Å². The van der Waals surface area contributed by atoms with Gasteiger partial charge in [0.25, 0.3) is 0 Å². The highest BCUT2D eigenvalue weighted by molar-refractivity contribution is 7.81. The maximum Gasteiger partial charge on any atom is 0.157 e. The molecule has 2 nitrogen and oxygen atoms in total. The summed E-state index contributed by atoms with van der Waals surface area (Å²) in [5.74, 6) is 0.428. The number of hydrogen-bond donors (Lipinski definition) is 0. The van der Waals surface area contributed by atoms with Crippen molar-refractivity contribution in [3.63, 3.8) is 0 Å². The third-order valence-corrected chi connectivity index (χ3v) is 10.3. The Balaban J connectivity index is 2.03. The summed E-state index contributed by atoms with van der Waals surface area (Å²) in [6.07, 6.45) is 1.44. The lowest BCUT2D eigenvalue weighted by atomic mass is 10.00. The summed E-state index contributed by atoms with van der Waals surface area (Å²) < 4.78 is 14.6. The number of hydrogen-bond acceptors (Lipinski definition) is 2. The third kappa shape index (κ3) is 1.60. The van der Waals surface area contributed by atoms with Gasteiger partial charge < -0.3 is 4.57 Å². The average molecular weight is 324 g/mol. The van der Waals surface area contributed by atoms with Crippen LogP contribution in [0.15, 0.2) is 60.7 Å². The Bertz CT molecular complexity index is 767. The molecule has 2 aromatic rings. The fourth-order valence-electron chi connectivity index (χ4n) is 5.07. The minimum absolute atomic E-state index is 0.191. The Morgan fingerprint density at radius 1 is 0.913 bits per heavy atom. The van der Waals surface area contributed by atoms with Crippen molar-refractivity contribution in [3.8, 4) is 0 Å². The van der Waals surface area contributed by atoms with Gasteiger partial charge in [0.15, 0.2) is 7.14 Å². The van der Waals surface area contributed by atoms with E-state index in [-0.39, 0.29) is 17.1 Å². The van der Waals surface area contributed by atoms with Crippen LogP contribution in [0.1, 0.15) is 26.7 Å². The van der Waals surface area contributed by atoms with Crippen molar-refractivity contribution in [3.05, 3.63) is 60.7 Å². The molecule has 0 aromatic heterocycles. The number of Topliss-reactive ketones (excluding diaryl/α,β-unsaturated/α-hetero) is 1. The van der Waals surface area contributed by atoms with E-state index in [2.05, 4.69) is 13.8 Å². The Morgan fingerprint density at radius 2 is 1.39 bits per heavy atom. The molecule has 0 N–H and O–H groups in total. The van der Waals surface area contributed by atoms with Crippen molar-refractivity contribution in [2.24, 2.45) is 11.3 Å². The van der Waals surface area contributed by atoms with E-state index in [9.17, 15) is 9.36 Å². The summed E-state index contributed by atoms with van der Waals surface area (Å²) in [6, 6.07) is 19.3. The van der Waals surface area contributed by atoms with Gasteiger partial charge in [-0.1, -0.05) is 74.5 Å².